The van der Waals surface area contributed by atoms with Crippen molar-refractivity contribution in [2.24, 2.45) is 0 Å². The van der Waals surface area contributed by atoms with Crippen molar-refractivity contribution in [1.82, 2.24) is 0 Å². The van der Waals surface area contributed by atoms with Gasteiger partial charge in [0.2, 0.25) is 6.54 Å². The minimum atomic E-state index is 0.432. The van der Waals surface area contributed by atoms with E-state index >= 15 is 0 Å². The Hall–Kier alpha value is -3.36. The second-order valence-electron chi connectivity index (χ2n) is 5.62. The van der Waals surface area contributed by atoms with Gasteiger partial charge in [-0.15, -0.1) is 0 Å². The normalized spacial score (nSPS) is 9.92. The third kappa shape index (κ3) is 3.51. The quantitative estimate of drug-likeness (QED) is 0.584. The van der Waals surface area contributed by atoms with Crippen molar-refractivity contribution in [2.75, 3.05) is 0 Å². The molecule has 0 spiro atoms. The zero-order valence-electron chi connectivity index (χ0n) is 13.2. The molecule has 2 heteroatoms. The molecule has 0 atom stereocenters. The predicted octanol–water partition coefficient (Wildman–Crippen LogP) is 5.51. The summed E-state index contributed by atoms with van der Waals surface area (Å²) in [4.78, 5) is 3.40. The molecular formula is C22H16N2. The number of hydrogen-bond donors (Lipinski definition) is 0. The van der Waals surface area contributed by atoms with Gasteiger partial charge < -0.3 is 4.85 Å². The van der Waals surface area contributed by atoms with Crippen LogP contribution in [0.1, 0.15) is 11.1 Å². The fourth-order valence-corrected chi connectivity index (χ4v) is 2.66. The highest BCUT2D eigenvalue weighted by molar-refractivity contribution is 5.70. The maximum absolute atomic E-state index is 8.73. The summed E-state index contributed by atoms with van der Waals surface area (Å²) in [5.74, 6) is 0. The Morgan fingerprint density at radius 3 is 1.42 bits per heavy atom. The lowest BCUT2D eigenvalue weighted by atomic mass is 9.99. The van der Waals surface area contributed by atoms with Crippen LogP contribution >= 0.6 is 0 Å². The van der Waals surface area contributed by atoms with Gasteiger partial charge in [0.25, 0.3) is 0 Å². The Kier molecular flexibility index (Phi) is 4.70. The van der Waals surface area contributed by atoms with Crippen molar-refractivity contribution in [3.63, 3.8) is 0 Å². The van der Waals surface area contributed by atoms with Crippen LogP contribution in [0.2, 0.25) is 0 Å². The van der Waals surface area contributed by atoms with Gasteiger partial charge in [-0.2, -0.15) is 5.26 Å². The van der Waals surface area contributed by atoms with E-state index in [0.717, 1.165) is 33.4 Å². The summed E-state index contributed by atoms with van der Waals surface area (Å²) in [6, 6.07) is 26.9. The van der Waals surface area contributed by atoms with Crippen molar-refractivity contribution >= 4 is 0 Å². The number of benzene rings is 3. The molecule has 3 aromatic carbocycles. The second kappa shape index (κ2) is 7.27. The largest absolute Gasteiger partial charge is 0.312 e. The smallest absolute Gasteiger partial charge is 0.239 e. The van der Waals surface area contributed by atoms with E-state index in [2.05, 4.69) is 59.4 Å². The van der Waals surface area contributed by atoms with E-state index in [1.165, 1.54) is 0 Å². The molecule has 0 radical (unpaired) electrons. The third-order valence-electron chi connectivity index (χ3n) is 4.00. The van der Waals surface area contributed by atoms with Crippen molar-refractivity contribution in [2.45, 2.75) is 13.0 Å². The molecule has 0 bridgehead atoms. The topological polar surface area (TPSA) is 28.1 Å². The van der Waals surface area contributed by atoms with E-state index in [1.807, 2.05) is 24.3 Å². The van der Waals surface area contributed by atoms with Crippen LogP contribution in [0.15, 0.2) is 72.8 Å². The van der Waals surface area contributed by atoms with Crippen LogP contribution in [0.4, 0.5) is 0 Å². The van der Waals surface area contributed by atoms with Crippen LogP contribution in [0, 0.1) is 17.9 Å². The summed E-state index contributed by atoms with van der Waals surface area (Å²) in [7, 11) is 0. The number of nitrogens with zero attached hydrogens (tertiary/aromatic N) is 2. The van der Waals surface area contributed by atoms with Crippen LogP contribution in [0.25, 0.3) is 27.1 Å². The van der Waals surface area contributed by atoms with Gasteiger partial charge >= 0.3 is 0 Å². The van der Waals surface area contributed by atoms with E-state index in [-0.39, 0.29) is 0 Å². The van der Waals surface area contributed by atoms with E-state index in [1.54, 1.807) is 0 Å². The summed E-state index contributed by atoms with van der Waals surface area (Å²) >= 11 is 0. The molecule has 3 rings (SSSR count). The van der Waals surface area contributed by atoms with E-state index in [9.17, 15) is 0 Å². The summed E-state index contributed by atoms with van der Waals surface area (Å²) in [5.41, 5.74) is 6.71. The lowest BCUT2D eigenvalue weighted by molar-refractivity contribution is 1.26. The van der Waals surface area contributed by atoms with Crippen LogP contribution in [0.5, 0.6) is 0 Å². The van der Waals surface area contributed by atoms with Gasteiger partial charge in [0.1, 0.15) is 0 Å². The predicted molar refractivity (Wildman–Crippen MR) is 96.9 cm³/mol. The zero-order valence-corrected chi connectivity index (χ0v) is 13.2. The molecule has 0 saturated heterocycles. The molecular weight excluding hydrogens is 292 g/mol. The fraction of sp³-hybridized carbons (Fsp3) is 0.0909. The summed E-state index contributed by atoms with van der Waals surface area (Å²) in [6.07, 6.45) is 0.447. The lowest BCUT2D eigenvalue weighted by Crippen LogP contribution is -1.84. The molecule has 114 valence electrons. The second-order valence-corrected chi connectivity index (χ2v) is 5.62. The minimum absolute atomic E-state index is 0.432. The molecule has 0 unspecified atom stereocenters. The molecule has 2 nitrogen and oxygen atoms in total. The molecule has 0 saturated carbocycles. The van der Waals surface area contributed by atoms with Gasteiger partial charge in [0.15, 0.2) is 0 Å². The Balaban J connectivity index is 1.80. The third-order valence-corrected chi connectivity index (χ3v) is 4.00. The first-order valence-corrected chi connectivity index (χ1v) is 7.79. The van der Waals surface area contributed by atoms with Gasteiger partial charge in [-0.3, -0.25) is 0 Å². The molecule has 0 heterocycles. The summed E-state index contributed by atoms with van der Waals surface area (Å²) < 4.78 is 0. The van der Waals surface area contributed by atoms with Gasteiger partial charge in [0.05, 0.1) is 12.5 Å². The Morgan fingerprint density at radius 1 is 0.667 bits per heavy atom. The first-order valence-electron chi connectivity index (χ1n) is 7.79. The van der Waals surface area contributed by atoms with Gasteiger partial charge in [0, 0.05) is 5.56 Å². The number of nitriles is 1. The molecule has 0 aromatic heterocycles. The standard InChI is InChI=1S/C22H16N2/c1-24-16-18-4-8-20(9-5-18)22-12-10-21(11-13-22)19-6-2-17(3-7-19)14-15-23/h2-13H,14,16H2. The van der Waals surface area contributed by atoms with Crippen molar-refractivity contribution < 1.29 is 0 Å². The van der Waals surface area contributed by atoms with Gasteiger partial charge in [-0.1, -0.05) is 72.8 Å². The molecule has 0 aliphatic heterocycles. The molecule has 0 N–H and O–H groups in total. The molecule has 0 aliphatic rings. The highest BCUT2D eigenvalue weighted by atomic mass is 14.6. The van der Waals surface area contributed by atoms with Crippen molar-refractivity contribution in [3.05, 3.63) is 95.3 Å². The maximum atomic E-state index is 8.73. The van der Waals surface area contributed by atoms with Crippen LogP contribution in [0.3, 0.4) is 0 Å². The molecule has 24 heavy (non-hydrogen) atoms. The van der Waals surface area contributed by atoms with Crippen molar-refractivity contribution in [1.29, 1.82) is 5.26 Å². The highest BCUT2D eigenvalue weighted by Gasteiger charge is 2.02. The Bertz CT molecular complexity index is 812. The molecule has 0 aliphatic carbocycles. The van der Waals surface area contributed by atoms with E-state index in [0.29, 0.717) is 13.0 Å². The Labute approximate surface area is 142 Å². The van der Waals surface area contributed by atoms with E-state index in [4.69, 9.17) is 11.8 Å². The van der Waals surface area contributed by atoms with Gasteiger partial charge in [-0.05, 0) is 27.8 Å². The zero-order chi connectivity index (χ0) is 16.8. The molecule has 0 amide bonds. The SMILES string of the molecule is [C-]#[N+]Cc1ccc(-c2ccc(-c3ccc(CC#N)cc3)cc2)cc1. The van der Waals surface area contributed by atoms with Crippen LogP contribution in [-0.2, 0) is 13.0 Å². The van der Waals surface area contributed by atoms with Crippen LogP contribution in [-0.4, -0.2) is 0 Å². The molecule has 3 aromatic rings. The summed E-state index contributed by atoms with van der Waals surface area (Å²) in [6.45, 7) is 7.34. The monoisotopic (exact) mass is 308 g/mol. The first kappa shape index (κ1) is 15.5. The lowest BCUT2D eigenvalue weighted by Gasteiger charge is -2.06. The maximum Gasteiger partial charge on any atom is 0.239 e. The summed E-state index contributed by atoms with van der Waals surface area (Å²) in [5, 5.41) is 8.73. The van der Waals surface area contributed by atoms with Crippen LogP contribution < -0.4 is 0 Å². The molecule has 0 fully saturated rings. The number of hydrogen-bond acceptors (Lipinski definition) is 1. The average molecular weight is 308 g/mol. The average Bonchev–Trinajstić information content (AvgIpc) is 2.64. The first-order chi connectivity index (χ1) is 11.8. The fourth-order valence-electron chi connectivity index (χ4n) is 2.66. The van der Waals surface area contributed by atoms with E-state index < -0.39 is 0 Å². The van der Waals surface area contributed by atoms with Crippen molar-refractivity contribution in [3.8, 4) is 28.3 Å². The highest BCUT2D eigenvalue weighted by Crippen LogP contribution is 2.25. The van der Waals surface area contributed by atoms with Gasteiger partial charge in [-0.25, -0.2) is 6.57 Å². The Morgan fingerprint density at radius 2 is 1.04 bits per heavy atom. The number of rotatable bonds is 4. The minimum Gasteiger partial charge on any atom is -0.312 e.